The summed E-state index contributed by atoms with van der Waals surface area (Å²) >= 11 is 0. The highest BCUT2D eigenvalue weighted by Crippen LogP contribution is 2.28. The van der Waals surface area contributed by atoms with E-state index in [1.165, 1.54) is 0 Å². The van der Waals surface area contributed by atoms with Crippen molar-refractivity contribution < 1.29 is 4.74 Å². The SMILES string of the molecule is COc1cc(-c2cnc(N3CCN(C(C)C)CC3)cn2)ccc1N.Cl.Cl.Cl. The van der Waals surface area contributed by atoms with E-state index in [2.05, 4.69) is 33.6 Å². The highest BCUT2D eigenvalue weighted by molar-refractivity contribution is 5.86. The third-order valence-corrected chi connectivity index (χ3v) is 4.54. The number of aromatic nitrogens is 2. The summed E-state index contributed by atoms with van der Waals surface area (Å²) in [5.74, 6) is 1.59. The number of nitrogens with two attached hydrogens (primary N) is 1. The van der Waals surface area contributed by atoms with Crippen molar-refractivity contribution in [3.63, 3.8) is 0 Å². The Morgan fingerprint density at radius 3 is 2.19 bits per heavy atom. The Labute approximate surface area is 179 Å². The molecule has 1 saturated heterocycles. The average Bonchev–Trinajstić information content (AvgIpc) is 2.62. The number of hydrogen-bond acceptors (Lipinski definition) is 6. The molecular weight excluding hydrogens is 409 g/mol. The van der Waals surface area contributed by atoms with Crippen molar-refractivity contribution in [1.82, 2.24) is 14.9 Å². The predicted octanol–water partition coefficient (Wildman–Crippen LogP) is 3.53. The van der Waals surface area contributed by atoms with Gasteiger partial charge in [0.15, 0.2) is 0 Å². The average molecular weight is 437 g/mol. The van der Waals surface area contributed by atoms with E-state index >= 15 is 0 Å². The van der Waals surface area contributed by atoms with Crippen molar-refractivity contribution >= 4 is 48.7 Å². The molecular formula is C18H28Cl3N5O. The lowest BCUT2D eigenvalue weighted by atomic mass is 10.1. The number of piperazine rings is 1. The van der Waals surface area contributed by atoms with Crippen molar-refractivity contribution in [2.45, 2.75) is 19.9 Å². The molecule has 1 aliphatic rings. The van der Waals surface area contributed by atoms with Gasteiger partial charge in [-0.3, -0.25) is 9.88 Å². The second-order valence-corrected chi connectivity index (χ2v) is 6.33. The number of ether oxygens (including phenoxy) is 1. The Morgan fingerprint density at radius 2 is 1.67 bits per heavy atom. The molecule has 3 rings (SSSR count). The highest BCUT2D eigenvalue weighted by Gasteiger charge is 2.20. The topological polar surface area (TPSA) is 67.5 Å². The van der Waals surface area contributed by atoms with Gasteiger partial charge in [-0.2, -0.15) is 0 Å². The Kier molecular flexibility index (Phi) is 10.8. The first-order valence-corrected chi connectivity index (χ1v) is 8.33. The third kappa shape index (κ3) is 6.01. The van der Waals surface area contributed by atoms with Crippen molar-refractivity contribution in [3.8, 4) is 17.0 Å². The largest absolute Gasteiger partial charge is 0.495 e. The van der Waals surface area contributed by atoms with Crippen LogP contribution >= 0.6 is 37.2 Å². The van der Waals surface area contributed by atoms with Gasteiger partial charge in [0.1, 0.15) is 11.6 Å². The summed E-state index contributed by atoms with van der Waals surface area (Å²) < 4.78 is 5.27. The quantitative estimate of drug-likeness (QED) is 0.740. The molecule has 1 fully saturated rings. The molecule has 0 unspecified atom stereocenters. The van der Waals surface area contributed by atoms with E-state index in [4.69, 9.17) is 10.5 Å². The van der Waals surface area contributed by atoms with Crippen LogP contribution in [0.4, 0.5) is 11.5 Å². The van der Waals surface area contributed by atoms with E-state index in [0.717, 1.165) is 43.3 Å². The highest BCUT2D eigenvalue weighted by atomic mass is 35.5. The first-order chi connectivity index (χ1) is 11.6. The molecule has 0 spiro atoms. The number of anilines is 2. The predicted molar refractivity (Wildman–Crippen MR) is 119 cm³/mol. The smallest absolute Gasteiger partial charge is 0.147 e. The van der Waals surface area contributed by atoms with Crippen LogP contribution in [0.3, 0.4) is 0 Å². The lowest BCUT2D eigenvalue weighted by molar-refractivity contribution is 0.209. The second kappa shape index (κ2) is 11.4. The van der Waals surface area contributed by atoms with Crippen LogP contribution in [0.25, 0.3) is 11.3 Å². The minimum Gasteiger partial charge on any atom is -0.495 e. The summed E-state index contributed by atoms with van der Waals surface area (Å²) in [6, 6.07) is 6.25. The monoisotopic (exact) mass is 435 g/mol. The maximum Gasteiger partial charge on any atom is 0.147 e. The van der Waals surface area contributed by atoms with E-state index in [1.807, 2.05) is 30.6 Å². The van der Waals surface area contributed by atoms with Gasteiger partial charge in [0.05, 0.1) is 30.9 Å². The fraction of sp³-hybridized carbons (Fsp3) is 0.444. The molecule has 2 heterocycles. The Hall–Kier alpha value is -1.47. The van der Waals surface area contributed by atoms with Gasteiger partial charge in [-0.1, -0.05) is 6.07 Å². The van der Waals surface area contributed by atoms with Crippen LogP contribution in [0.1, 0.15) is 13.8 Å². The second-order valence-electron chi connectivity index (χ2n) is 6.33. The summed E-state index contributed by atoms with van der Waals surface area (Å²) in [6.45, 7) is 8.59. The zero-order chi connectivity index (χ0) is 17.1. The van der Waals surface area contributed by atoms with E-state index in [-0.39, 0.29) is 37.2 Å². The zero-order valence-electron chi connectivity index (χ0n) is 15.8. The van der Waals surface area contributed by atoms with Crippen molar-refractivity contribution in [1.29, 1.82) is 0 Å². The number of halogens is 3. The zero-order valence-corrected chi connectivity index (χ0v) is 18.2. The number of nitrogens with zero attached hydrogens (tertiary/aromatic N) is 4. The lowest BCUT2D eigenvalue weighted by Crippen LogP contribution is -2.49. The van der Waals surface area contributed by atoms with Gasteiger partial charge in [-0.05, 0) is 26.0 Å². The number of methoxy groups -OCH3 is 1. The maximum absolute atomic E-state index is 5.86. The molecule has 2 N–H and O–H groups in total. The molecule has 0 amide bonds. The Balaban J connectivity index is 0.00000225. The standard InChI is InChI=1S/C18H25N5O.3ClH/c1-13(2)22-6-8-23(9-7-22)18-12-20-16(11-21-18)14-4-5-15(19)17(10-14)24-3;;;/h4-5,10-13H,6-9,19H2,1-3H3;3*1H. The van der Waals surface area contributed by atoms with Gasteiger partial charge in [0.25, 0.3) is 0 Å². The van der Waals surface area contributed by atoms with E-state index in [1.54, 1.807) is 7.11 Å². The van der Waals surface area contributed by atoms with Gasteiger partial charge in [-0.15, -0.1) is 37.2 Å². The molecule has 1 aliphatic heterocycles. The fourth-order valence-electron chi connectivity index (χ4n) is 2.97. The van der Waals surface area contributed by atoms with Gasteiger partial charge in [0.2, 0.25) is 0 Å². The van der Waals surface area contributed by atoms with Crippen LogP contribution in [-0.4, -0.2) is 54.2 Å². The molecule has 152 valence electrons. The van der Waals surface area contributed by atoms with Crippen LogP contribution < -0.4 is 15.4 Å². The first kappa shape index (κ1) is 25.5. The molecule has 2 aromatic rings. The van der Waals surface area contributed by atoms with Gasteiger partial charge >= 0.3 is 0 Å². The molecule has 0 atom stereocenters. The van der Waals surface area contributed by atoms with Crippen molar-refractivity contribution in [2.75, 3.05) is 43.9 Å². The van der Waals surface area contributed by atoms with Gasteiger partial charge < -0.3 is 15.4 Å². The number of hydrogen-bond donors (Lipinski definition) is 1. The molecule has 0 saturated carbocycles. The molecule has 6 nitrogen and oxygen atoms in total. The van der Waals surface area contributed by atoms with Crippen molar-refractivity contribution in [3.05, 3.63) is 30.6 Å². The van der Waals surface area contributed by atoms with Crippen LogP contribution in [-0.2, 0) is 0 Å². The Morgan fingerprint density at radius 1 is 1.00 bits per heavy atom. The molecule has 0 aliphatic carbocycles. The molecule has 0 radical (unpaired) electrons. The first-order valence-electron chi connectivity index (χ1n) is 8.33. The molecule has 1 aromatic carbocycles. The van der Waals surface area contributed by atoms with Crippen LogP contribution in [0.5, 0.6) is 5.75 Å². The molecule has 9 heteroatoms. The van der Waals surface area contributed by atoms with Gasteiger partial charge in [0, 0.05) is 37.8 Å². The van der Waals surface area contributed by atoms with Crippen molar-refractivity contribution in [2.24, 2.45) is 0 Å². The number of benzene rings is 1. The summed E-state index contributed by atoms with van der Waals surface area (Å²) in [7, 11) is 1.61. The Bertz CT molecular complexity index is 692. The normalized spacial score (nSPS) is 14.0. The summed E-state index contributed by atoms with van der Waals surface area (Å²) in [5, 5.41) is 0. The summed E-state index contributed by atoms with van der Waals surface area (Å²) in [5.41, 5.74) is 8.25. The van der Waals surface area contributed by atoms with E-state index < -0.39 is 0 Å². The van der Waals surface area contributed by atoms with Crippen LogP contribution in [0.2, 0.25) is 0 Å². The fourth-order valence-corrected chi connectivity index (χ4v) is 2.97. The molecule has 27 heavy (non-hydrogen) atoms. The van der Waals surface area contributed by atoms with Crippen LogP contribution in [0.15, 0.2) is 30.6 Å². The third-order valence-electron chi connectivity index (χ3n) is 4.54. The van der Waals surface area contributed by atoms with Crippen LogP contribution in [0, 0.1) is 0 Å². The summed E-state index contributed by atoms with van der Waals surface area (Å²) in [6.07, 6.45) is 3.66. The maximum atomic E-state index is 5.86. The number of nitrogen functional groups attached to an aromatic ring is 1. The molecule has 0 bridgehead atoms. The lowest BCUT2D eigenvalue weighted by Gasteiger charge is -2.37. The minimum absolute atomic E-state index is 0. The summed E-state index contributed by atoms with van der Waals surface area (Å²) in [4.78, 5) is 13.9. The van der Waals surface area contributed by atoms with E-state index in [9.17, 15) is 0 Å². The van der Waals surface area contributed by atoms with E-state index in [0.29, 0.717) is 17.5 Å². The number of rotatable bonds is 4. The van der Waals surface area contributed by atoms with Gasteiger partial charge in [-0.25, -0.2) is 4.98 Å². The minimum atomic E-state index is 0. The molecule has 1 aromatic heterocycles.